The van der Waals surface area contributed by atoms with Gasteiger partial charge in [0.25, 0.3) is 5.91 Å². The molecule has 2 aromatic rings. The number of rotatable bonds is 5. The van der Waals surface area contributed by atoms with E-state index in [1.807, 2.05) is 12.1 Å². The van der Waals surface area contributed by atoms with Crippen LogP contribution in [0.3, 0.4) is 0 Å². The number of carbonyl (C=O) groups is 1. The quantitative estimate of drug-likeness (QED) is 0.668. The van der Waals surface area contributed by atoms with Gasteiger partial charge in [0.2, 0.25) is 0 Å². The van der Waals surface area contributed by atoms with Crippen molar-refractivity contribution < 1.29 is 13.9 Å². The Hall–Kier alpha value is -3.00. The molecule has 1 fully saturated rings. The average molecular weight is 322 g/mol. The smallest absolute Gasteiger partial charge is 0.266 e. The molecule has 2 atom stereocenters. The van der Waals surface area contributed by atoms with Gasteiger partial charge in [-0.25, -0.2) is 0 Å². The number of ether oxygens (including phenoxy) is 1. The number of nitriles is 1. The van der Waals surface area contributed by atoms with Gasteiger partial charge in [-0.2, -0.15) is 5.26 Å². The van der Waals surface area contributed by atoms with Gasteiger partial charge in [-0.1, -0.05) is 19.1 Å². The summed E-state index contributed by atoms with van der Waals surface area (Å²) in [6.45, 7) is 2.17. The van der Waals surface area contributed by atoms with Crippen LogP contribution < -0.4 is 10.1 Å². The first kappa shape index (κ1) is 15.9. The molecule has 1 aliphatic rings. The Bertz CT molecular complexity index is 829. The largest absolute Gasteiger partial charge is 0.495 e. The molecule has 1 saturated carbocycles. The van der Waals surface area contributed by atoms with Crippen LogP contribution in [0.5, 0.6) is 5.75 Å². The van der Waals surface area contributed by atoms with Gasteiger partial charge in [-0.15, -0.1) is 0 Å². The highest BCUT2D eigenvalue weighted by Crippen LogP contribution is 2.47. The minimum absolute atomic E-state index is 0.0225. The molecule has 0 spiro atoms. The van der Waals surface area contributed by atoms with Crippen molar-refractivity contribution in [3.63, 3.8) is 0 Å². The minimum Gasteiger partial charge on any atom is -0.495 e. The summed E-state index contributed by atoms with van der Waals surface area (Å²) in [6, 6.07) is 12.7. The fourth-order valence-corrected chi connectivity index (χ4v) is 2.59. The van der Waals surface area contributed by atoms with Crippen molar-refractivity contribution in [2.45, 2.75) is 19.3 Å². The SMILES string of the molecule is COc1ccccc1NC(=O)/C(C#N)=C/c1ccc([C@H]2C[C@@H]2C)o1. The summed E-state index contributed by atoms with van der Waals surface area (Å²) in [5.41, 5.74) is 0.490. The Morgan fingerprint density at radius 3 is 2.79 bits per heavy atom. The third-order valence-corrected chi connectivity index (χ3v) is 4.13. The Morgan fingerprint density at radius 2 is 2.12 bits per heavy atom. The Balaban J connectivity index is 1.76. The lowest BCUT2D eigenvalue weighted by Gasteiger charge is -2.08. The lowest BCUT2D eigenvalue weighted by Crippen LogP contribution is -2.14. The van der Waals surface area contributed by atoms with Crippen LogP contribution in [0.2, 0.25) is 0 Å². The molecule has 0 bridgehead atoms. The van der Waals surface area contributed by atoms with Gasteiger partial charge in [0.15, 0.2) is 0 Å². The molecule has 1 aliphatic carbocycles. The van der Waals surface area contributed by atoms with Crippen LogP contribution in [0.4, 0.5) is 5.69 Å². The zero-order valence-electron chi connectivity index (χ0n) is 13.6. The number of furan rings is 1. The molecule has 1 heterocycles. The number of hydrogen-bond acceptors (Lipinski definition) is 4. The average Bonchev–Trinajstić information content (AvgIpc) is 3.14. The normalized spacial score (nSPS) is 19.5. The molecule has 1 amide bonds. The van der Waals surface area contributed by atoms with Crippen LogP contribution in [0.25, 0.3) is 6.08 Å². The second-order valence-corrected chi connectivity index (χ2v) is 5.88. The Labute approximate surface area is 140 Å². The number of para-hydroxylation sites is 2. The third kappa shape index (κ3) is 3.33. The van der Waals surface area contributed by atoms with E-state index < -0.39 is 5.91 Å². The first-order valence-electron chi connectivity index (χ1n) is 7.78. The van der Waals surface area contributed by atoms with Gasteiger partial charge in [-0.3, -0.25) is 4.79 Å². The number of hydrogen-bond donors (Lipinski definition) is 1. The van der Waals surface area contributed by atoms with Crippen LogP contribution in [-0.4, -0.2) is 13.0 Å². The van der Waals surface area contributed by atoms with E-state index in [4.69, 9.17) is 9.15 Å². The molecule has 24 heavy (non-hydrogen) atoms. The molecule has 0 radical (unpaired) electrons. The molecule has 5 nitrogen and oxygen atoms in total. The summed E-state index contributed by atoms with van der Waals surface area (Å²) in [5, 5.41) is 12.0. The molecule has 1 aromatic heterocycles. The summed E-state index contributed by atoms with van der Waals surface area (Å²) >= 11 is 0. The first-order valence-corrected chi connectivity index (χ1v) is 7.78. The molecular weight excluding hydrogens is 304 g/mol. The number of methoxy groups -OCH3 is 1. The molecule has 5 heteroatoms. The standard InChI is InChI=1S/C19H18N2O3/c1-12-9-15(12)17-8-7-14(24-17)10-13(11-20)19(22)21-16-5-3-4-6-18(16)23-2/h3-8,10,12,15H,9H2,1-2H3,(H,21,22)/b13-10+/t12-,15-/m0/s1. The number of carbonyl (C=O) groups excluding carboxylic acids is 1. The van der Waals surface area contributed by atoms with E-state index in [-0.39, 0.29) is 5.57 Å². The third-order valence-electron chi connectivity index (χ3n) is 4.13. The predicted molar refractivity (Wildman–Crippen MR) is 90.4 cm³/mol. The highest BCUT2D eigenvalue weighted by Gasteiger charge is 2.36. The first-order chi connectivity index (χ1) is 11.6. The van der Waals surface area contributed by atoms with Crippen molar-refractivity contribution in [2.24, 2.45) is 5.92 Å². The van der Waals surface area contributed by atoms with Gasteiger partial charge in [-0.05, 0) is 36.6 Å². The van der Waals surface area contributed by atoms with E-state index in [9.17, 15) is 10.1 Å². The molecule has 0 saturated heterocycles. The van der Waals surface area contributed by atoms with E-state index in [0.717, 1.165) is 12.2 Å². The lowest BCUT2D eigenvalue weighted by atomic mass is 10.2. The zero-order chi connectivity index (χ0) is 17.1. The summed E-state index contributed by atoms with van der Waals surface area (Å²) in [5.74, 6) is 2.55. The fourth-order valence-electron chi connectivity index (χ4n) is 2.59. The van der Waals surface area contributed by atoms with Crippen molar-refractivity contribution in [3.05, 3.63) is 53.5 Å². The van der Waals surface area contributed by atoms with Crippen LogP contribution in [0, 0.1) is 17.2 Å². The van der Waals surface area contributed by atoms with Gasteiger partial charge in [0.1, 0.15) is 28.9 Å². The summed E-state index contributed by atoms with van der Waals surface area (Å²) in [4.78, 5) is 12.3. The number of anilines is 1. The summed E-state index contributed by atoms with van der Waals surface area (Å²) in [6.07, 6.45) is 2.58. The Morgan fingerprint density at radius 1 is 1.38 bits per heavy atom. The van der Waals surface area contributed by atoms with E-state index in [0.29, 0.717) is 29.0 Å². The summed E-state index contributed by atoms with van der Waals surface area (Å²) in [7, 11) is 1.52. The van der Waals surface area contributed by atoms with Crippen molar-refractivity contribution >= 4 is 17.7 Å². The van der Waals surface area contributed by atoms with Crippen molar-refractivity contribution in [1.82, 2.24) is 0 Å². The number of nitrogens with zero attached hydrogens (tertiary/aromatic N) is 1. The number of benzene rings is 1. The van der Waals surface area contributed by atoms with Crippen molar-refractivity contribution in [2.75, 3.05) is 12.4 Å². The maximum absolute atomic E-state index is 12.3. The van der Waals surface area contributed by atoms with Crippen molar-refractivity contribution in [1.29, 1.82) is 5.26 Å². The highest BCUT2D eigenvalue weighted by molar-refractivity contribution is 6.10. The lowest BCUT2D eigenvalue weighted by molar-refractivity contribution is -0.112. The van der Waals surface area contributed by atoms with Crippen molar-refractivity contribution in [3.8, 4) is 11.8 Å². The Kier molecular flexibility index (Phi) is 4.39. The zero-order valence-corrected chi connectivity index (χ0v) is 13.6. The highest BCUT2D eigenvalue weighted by atomic mass is 16.5. The molecule has 0 aliphatic heterocycles. The molecule has 3 rings (SSSR count). The molecule has 1 N–H and O–H groups in total. The predicted octanol–water partition coefficient (Wildman–Crippen LogP) is 3.96. The number of nitrogens with one attached hydrogen (secondary N) is 1. The molecule has 1 aromatic carbocycles. The molecule has 122 valence electrons. The number of amides is 1. The van der Waals surface area contributed by atoms with Gasteiger partial charge in [0, 0.05) is 12.0 Å². The maximum atomic E-state index is 12.3. The minimum atomic E-state index is -0.500. The maximum Gasteiger partial charge on any atom is 0.266 e. The second kappa shape index (κ2) is 6.63. The van der Waals surface area contributed by atoms with Crippen LogP contribution in [0.1, 0.15) is 30.8 Å². The van der Waals surface area contributed by atoms with E-state index in [1.165, 1.54) is 13.2 Å². The van der Waals surface area contributed by atoms with Gasteiger partial charge >= 0.3 is 0 Å². The van der Waals surface area contributed by atoms with E-state index >= 15 is 0 Å². The summed E-state index contributed by atoms with van der Waals surface area (Å²) < 4.78 is 10.9. The monoisotopic (exact) mass is 322 g/mol. The molecular formula is C19H18N2O3. The van der Waals surface area contributed by atoms with Crippen LogP contribution >= 0.6 is 0 Å². The fraction of sp³-hybridized carbons (Fsp3) is 0.263. The van der Waals surface area contributed by atoms with Gasteiger partial charge < -0.3 is 14.5 Å². The van der Waals surface area contributed by atoms with E-state index in [1.54, 1.807) is 30.3 Å². The van der Waals surface area contributed by atoms with Gasteiger partial charge in [0.05, 0.1) is 12.8 Å². The second-order valence-electron chi connectivity index (χ2n) is 5.88. The molecule has 0 unspecified atom stereocenters. The van der Waals surface area contributed by atoms with Crippen LogP contribution in [-0.2, 0) is 4.79 Å². The topological polar surface area (TPSA) is 75.3 Å². The van der Waals surface area contributed by atoms with Crippen LogP contribution in [0.15, 0.2) is 46.4 Å². The van der Waals surface area contributed by atoms with E-state index in [2.05, 4.69) is 12.2 Å².